The summed E-state index contributed by atoms with van der Waals surface area (Å²) in [5, 5.41) is 0. The van der Waals surface area contributed by atoms with Crippen LogP contribution in [0.3, 0.4) is 0 Å². The molecule has 3 nitrogen and oxygen atoms in total. The highest BCUT2D eigenvalue weighted by atomic mass is 16.5. The van der Waals surface area contributed by atoms with Gasteiger partial charge >= 0.3 is 0 Å². The first-order valence-electron chi connectivity index (χ1n) is 5.05. The lowest BCUT2D eigenvalue weighted by atomic mass is 10.3. The summed E-state index contributed by atoms with van der Waals surface area (Å²) in [6.07, 6.45) is 6.13. The number of aryl methyl sites for hydroxylation is 1. The maximum absolute atomic E-state index is 5.31. The molecule has 78 valence electrons. The first-order chi connectivity index (χ1) is 7.35. The van der Waals surface area contributed by atoms with Gasteiger partial charge in [-0.15, -0.1) is 0 Å². The Morgan fingerprint density at radius 3 is 2.80 bits per heavy atom. The summed E-state index contributed by atoms with van der Waals surface area (Å²) in [5.41, 5.74) is 1.06. The van der Waals surface area contributed by atoms with E-state index >= 15 is 0 Å². The van der Waals surface area contributed by atoms with E-state index in [1.165, 1.54) is 0 Å². The average Bonchev–Trinajstić information content (AvgIpc) is 2.77. The molecule has 0 saturated heterocycles. The van der Waals surface area contributed by atoms with E-state index in [2.05, 4.69) is 22.4 Å². The molecule has 0 atom stereocenters. The summed E-state index contributed by atoms with van der Waals surface area (Å²) in [6.45, 7) is 3.09. The maximum atomic E-state index is 5.31. The molecule has 1 aromatic carbocycles. The van der Waals surface area contributed by atoms with Crippen molar-refractivity contribution in [3.05, 3.63) is 43.0 Å². The molecule has 0 amide bonds. The average molecular weight is 203 g/mol. The molecule has 0 unspecified atom stereocenters. The van der Waals surface area contributed by atoms with E-state index in [4.69, 9.17) is 4.74 Å². The molecule has 0 saturated carbocycles. The van der Waals surface area contributed by atoms with E-state index in [-0.39, 0.29) is 0 Å². The second kappa shape index (κ2) is 4.17. The number of hydrogen-bond donors (Lipinski definition) is 0. The normalized spacial score (nSPS) is 10.3. The Labute approximate surface area is 89.5 Å². The quantitative estimate of drug-likeness (QED) is 0.695. The van der Waals surface area contributed by atoms with Crippen molar-refractivity contribution in [3.8, 4) is 11.4 Å². The van der Waals surface area contributed by atoms with Crippen molar-refractivity contribution in [1.82, 2.24) is 4.57 Å². The third-order valence-electron chi connectivity index (χ3n) is 2.42. The summed E-state index contributed by atoms with van der Waals surface area (Å²) in [5.74, 6) is 0.886. The lowest BCUT2D eigenvalue weighted by molar-refractivity contribution is -0.692. The van der Waals surface area contributed by atoms with Gasteiger partial charge in [-0.3, -0.25) is 0 Å². The number of benzene rings is 1. The van der Waals surface area contributed by atoms with Gasteiger partial charge in [-0.25, -0.2) is 4.57 Å². The number of ether oxygens (including phenoxy) is 1. The number of nitrogens with zero attached hydrogens (tertiary/aromatic N) is 2. The van der Waals surface area contributed by atoms with Crippen molar-refractivity contribution in [3.63, 3.8) is 0 Å². The van der Waals surface area contributed by atoms with Crippen LogP contribution >= 0.6 is 0 Å². The molecule has 1 heterocycles. The molecule has 0 aliphatic carbocycles. The highest BCUT2D eigenvalue weighted by Gasteiger charge is 2.09. The summed E-state index contributed by atoms with van der Waals surface area (Å²) in [6, 6.07) is 7.98. The van der Waals surface area contributed by atoms with E-state index < -0.39 is 0 Å². The van der Waals surface area contributed by atoms with E-state index in [9.17, 15) is 0 Å². The lowest BCUT2D eigenvalue weighted by Crippen LogP contribution is -2.28. The monoisotopic (exact) mass is 203 g/mol. The van der Waals surface area contributed by atoms with Crippen molar-refractivity contribution in [2.24, 2.45) is 0 Å². The summed E-state index contributed by atoms with van der Waals surface area (Å²) in [4.78, 5) is 0. The van der Waals surface area contributed by atoms with Gasteiger partial charge in [0.15, 0.2) is 11.4 Å². The molecule has 0 radical (unpaired) electrons. The second-order valence-corrected chi connectivity index (χ2v) is 3.32. The summed E-state index contributed by atoms with van der Waals surface area (Å²) >= 11 is 0. The molecule has 3 heteroatoms. The fourth-order valence-electron chi connectivity index (χ4n) is 1.57. The molecule has 0 fully saturated rings. The van der Waals surface area contributed by atoms with E-state index in [0.717, 1.165) is 18.0 Å². The van der Waals surface area contributed by atoms with E-state index in [1.54, 1.807) is 7.11 Å². The van der Waals surface area contributed by atoms with Crippen molar-refractivity contribution < 1.29 is 9.30 Å². The number of imidazole rings is 1. The minimum absolute atomic E-state index is 0.886. The molecule has 2 aromatic rings. The minimum Gasteiger partial charge on any atom is -0.492 e. The molecule has 1 aromatic heterocycles. The van der Waals surface area contributed by atoms with Crippen molar-refractivity contribution in [2.75, 3.05) is 7.11 Å². The minimum atomic E-state index is 0.886. The zero-order valence-electron chi connectivity index (χ0n) is 9.05. The Bertz CT molecular complexity index is 448. The summed E-state index contributed by atoms with van der Waals surface area (Å²) in [7, 11) is 1.69. The van der Waals surface area contributed by atoms with Crippen molar-refractivity contribution in [1.29, 1.82) is 0 Å². The molecular formula is C12H15N2O+. The predicted octanol–water partition coefficient (Wildman–Crippen LogP) is 1.79. The maximum Gasteiger partial charge on any atom is 0.249 e. The van der Waals surface area contributed by atoms with Crippen LogP contribution in [0.25, 0.3) is 5.69 Å². The lowest BCUT2D eigenvalue weighted by Gasteiger charge is -2.03. The van der Waals surface area contributed by atoms with Crippen LogP contribution < -0.4 is 9.30 Å². The van der Waals surface area contributed by atoms with Gasteiger partial charge < -0.3 is 4.74 Å². The number of para-hydroxylation sites is 2. The van der Waals surface area contributed by atoms with Gasteiger partial charge in [0, 0.05) is 0 Å². The standard InChI is InChI=1S/C12H15N2O/c1-3-13-8-9-14(10-13)11-6-4-5-7-12(11)15-2/h4-10H,3H2,1-2H3/q+1. The zero-order chi connectivity index (χ0) is 10.7. The molecule has 0 aliphatic heterocycles. The van der Waals surface area contributed by atoms with Crippen LogP contribution in [0.1, 0.15) is 6.92 Å². The fourth-order valence-corrected chi connectivity index (χ4v) is 1.57. The fraction of sp³-hybridized carbons (Fsp3) is 0.250. The third kappa shape index (κ3) is 1.86. The van der Waals surface area contributed by atoms with Gasteiger partial charge in [0.2, 0.25) is 6.33 Å². The van der Waals surface area contributed by atoms with E-state index in [0.29, 0.717) is 0 Å². The molecule has 0 aliphatic rings. The predicted molar refractivity (Wildman–Crippen MR) is 58.2 cm³/mol. The third-order valence-corrected chi connectivity index (χ3v) is 2.42. The second-order valence-electron chi connectivity index (χ2n) is 3.32. The van der Waals surface area contributed by atoms with Gasteiger partial charge in [0.05, 0.1) is 13.7 Å². The van der Waals surface area contributed by atoms with Crippen LogP contribution in [-0.4, -0.2) is 11.7 Å². The first-order valence-corrected chi connectivity index (χ1v) is 5.05. The van der Waals surface area contributed by atoms with Crippen LogP contribution in [0.5, 0.6) is 5.75 Å². The number of hydrogen-bond acceptors (Lipinski definition) is 1. The molecule has 0 N–H and O–H groups in total. The molecule has 0 bridgehead atoms. The van der Waals surface area contributed by atoms with Gasteiger partial charge in [-0.2, -0.15) is 4.57 Å². The Balaban J connectivity index is 2.44. The highest BCUT2D eigenvalue weighted by Crippen LogP contribution is 2.20. The molecule has 0 spiro atoms. The van der Waals surface area contributed by atoms with Crippen LogP contribution in [0.15, 0.2) is 43.0 Å². The number of methoxy groups -OCH3 is 1. The number of aromatic nitrogens is 2. The van der Waals surface area contributed by atoms with Crippen LogP contribution in [0.4, 0.5) is 0 Å². The number of rotatable bonds is 3. The Morgan fingerprint density at radius 2 is 2.13 bits per heavy atom. The SMILES string of the molecule is CC[n+]1ccn(-c2ccccc2OC)c1. The summed E-state index contributed by atoms with van der Waals surface area (Å²) < 4.78 is 9.49. The highest BCUT2D eigenvalue weighted by molar-refractivity contribution is 5.45. The van der Waals surface area contributed by atoms with Crippen LogP contribution in [0.2, 0.25) is 0 Å². The van der Waals surface area contributed by atoms with E-state index in [1.807, 2.05) is 36.7 Å². The van der Waals surface area contributed by atoms with Gasteiger partial charge in [-0.1, -0.05) is 12.1 Å². The molecular weight excluding hydrogens is 188 g/mol. The van der Waals surface area contributed by atoms with Crippen LogP contribution in [0, 0.1) is 0 Å². The zero-order valence-corrected chi connectivity index (χ0v) is 9.05. The Morgan fingerprint density at radius 1 is 1.33 bits per heavy atom. The van der Waals surface area contributed by atoms with Crippen LogP contribution in [-0.2, 0) is 6.54 Å². The Kier molecular flexibility index (Phi) is 2.72. The Hall–Kier alpha value is -1.77. The molecule has 2 rings (SSSR count). The first kappa shape index (κ1) is 9.77. The van der Waals surface area contributed by atoms with Crippen molar-refractivity contribution in [2.45, 2.75) is 13.5 Å². The van der Waals surface area contributed by atoms with Gasteiger partial charge in [-0.05, 0) is 19.1 Å². The van der Waals surface area contributed by atoms with Crippen molar-refractivity contribution >= 4 is 0 Å². The topological polar surface area (TPSA) is 18.0 Å². The smallest absolute Gasteiger partial charge is 0.249 e. The largest absolute Gasteiger partial charge is 0.492 e. The van der Waals surface area contributed by atoms with Gasteiger partial charge in [0.25, 0.3) is 0 Å². The molecule has 15 heavy (non-hydrogen) atoms. The van der Waals surface area contributed by atoms with Gasteiger partial charge in [0.1, 0.15) is 12.4 Å².